The van der Waals surface area contributed by atoms with Crippen LogP contribution in [0.15, 0.2) is 18.2 Å². The first kappa shape index (κ1) is 12.7. The van der Waals surface area contributed by atoms with E-state index >= 15 is 0 Å². The van der Waals surface area contributed by atoms with Crippen molar-refractivity contribution in [2.24, 2.45) is 0 Å². The first-order chi connectivity index (χ1) is 8.00. The quantitative estimate of drug-likeness (QED) is 0.843. The van der Waals surface area contributed by atoms with Crippen LogP contribution in [0.2, 0.25) is 5.02 Å². The summed E-state index contributed by atoms with van der Waals surface area (Å²) >= 11 is 5.86. The minimum Gasteiger partial charge on any atom is -0.371 e. The molecule has 0 amide bonds. The lowest BCUT2D eigenvalue weighted by Gasteiger charge is -2.27. The fourth-order valence-electron chi connectivity index (χ4n) is 1.86. The van der Waals surface area contributed by atoms with Crippen LogP contribution in [0.1, 0.15) is 17.2 Å². The second-order valence-corrected chi connectivity index (χ2v) is 4.17. The molecule has 17 heavy (non-hydrogen) atoms. The van der Waals surface area contributed by atoms with E-state index in [1.54, 1.807) is 0 Å². The molecule has 2 rings (SSSR count). The van der Waals surface area contributed by atoms with Crippen molar-refractivity contribution in [3.8, 4) is 0 Å². The van der Waals surface area contributed by atoms with Gasteiger partial charge in [-0.15, -0.1) is 0 Å². The Hall–Kier alpha value is -0.780. The van der Waals surface area contributed by atoms with E-state index in [0.717, 1.165) is 6.07 Å². The summed E-state index contributed by atoms with van der Waals surface area (Å²) in [6.45, 7) is 1.36. The van der Waals surface area contributed by atoms with Crippen LogP contribution in [0.25, 0.3) is 0 Å². The molecule has 1 atom stereocenters. The molecule has 2 nitrogen and oxygen atoms in total. The second-order valence-electron chi connectivity index (χ2n) is 3.76. The zero-order valence-corrected chi connectivity index (χ0v) is 9.61. The summed E-state index contributed by atoms with van der Waals surface area (Å²) in [5.41, 5.74) is -0.701. The number of alkyl halides is 3. The zero-order valence-electron chi connectivity index (χ0n) is 8.85. The number of morpholine rings is 1. The van der Waals surface area contributed by atoms with E-state index in [4.69, 9.17) is 16.3 Å². The van der Waals surface area contributed by atoms with Crippen LogP contribution in [-0.2, 0) is 10.9 Å². The molecule has 1 heterocycles. The van der Waals surface area contributed by atoms with E-state index in [2.05, 4.69) is 5.32 Å². The predicted molar refractivity (Wildman–Crippen MR) is 58.0 cm³/mol. The molecule has 1 aliphatic heterocycles. The lowest BCUT2D eigenvalue weighted by Crippen LogP contribution is -2.34. The maximum Gasteiger partial charge on any atom is 0.416 e. The summed E-state index contributed by atoms with van der Waals surface area (Å²) in [6.07, 6.45) is -5.06. The number of hydrogen-bond acceptors (Lipinski definition) is 2. The van der Waals surface area contributed by atoms with E-state index in [-0.39, 0.29) is 10.6 Å². The number of hydrogen-bond donors (Lipinski definition) is 1. The normalized spacial score (nSPS) is 21.5. The lowest BCUT2D eigenvalue weighted by atomic mass is 10.0. The Morgan fingerprint density at radius 2 is 2.12 bits per heavy atom. The second kappa shape index (κ2) is 4.84. The monoisotopic (exact) mass is 265 g/mol. The summed E-state index contributed by atoms with van der Waals surface area (Å²) in [5, 5.41) is 3.08. The molecule has 0 saturated carbocycles. The number of nitrogens with one attached hydrogen (secondary N) is 1. The summed E-state index contributed by atoms with van der Waals surface area (Å²) in [5.74, 6) is 0. The van der Waals surface area contributed by atoms with Gasteiger partial charge in [-0.05, 0) is 12.1 Å². The molecule has 1 fully saturated rings. The van der Waals surface area contributed by atoms with Crippen LogP contribution in [0.4, 0.5) is 13.2 Å². The smallest absolute Gasteiger partial charge is 0.371 e. The van der Waals surface area contributed by atoms with Gasteiger partial charge >= 0.3 is 6.18 Å². The van der Waals surface area contributed by atoms with Crippen molar-refractivity contribution in [3.63, 3.8) is 0 Å². The van der Waals surface area contributed by atoms with Gasteiger partial charge in [0.2, 0.25) is 0 Å². The standard InChI is InChI=1S/C11H11ClF3NO/c12-8-3-1-2-7(11(13,14)15)10(8)9-6-16-4-5-17-9/h1-3,9,16H,4-6H2. The van der Waals surface area contributed by atoms with E-state index in [1.807, 2.05) is 0 Å². The van der Waals surface area contributed by atoms with Gasteiger partial charge in [0.15, 0.2) is 0 Å². The maximum absolute atomic E-state index is 12.8. The van der Waals surface area contributed by atoms with Gasteiger partial charge in [0.05, 0.1) is 18.3 Å². The molecule has 6 heteroatoms. The van der Waals surface area contributed by atoms with Gasteiger partial charge in [-0.1, -0.05) is 17.7 Å². The molecule has 94 valence electrons. The maximum atomic E-state index is 12.8. The predicted octanol–water partition coefficient (Wildman–Crippen LogP) is 3.02. The van der Waals surface area contributed by atoms with Crippen molar-refractivity contribution in [3.05, 3.63) is 34.3 Å². The summed E-state index contributed by atoms with van der Waals surface area (Å²) in [4.78, 5) is 0. The Bertz CT molecular complexity index is 402. The molecular formula is C11H11ClF3NO. The molecule has 0 spiro atoms. The average molecular weight is 266 g/mol. The first-order valence-electron chi connectivity index (χ1n) is 5.18. The number of benzene rings is 1. The van der Waals surface area contributed by atoms with Crippen LogP contribution in [0, 0.1) is 0 Å². The molecule has 1 unspecified atom stereocenters. The van der Waals surface area contributed by atoms with Crippen LogP contribution in [0.3, 0.4) is 0 Å². The Labute approximate surface area is 102 Å². The lowest BCUT2D eigenvalue weighted by molar-refractivity contribution is -0.139. The van der Waals surface area contributed by atoms with Crippen molar-refractivity contribution in [2.45, 2.75) is 12.3 Å². The van der Waals surface area contributed by atoms with E-state index in [1.165, 1.54) is 12.1 Å². The largest absolute Gasteiger partial charge is 0.416 e. The van der Waals surface area contributed by atoms with Crippen molar-refractivity contribution >= 4 is 11.6 Å². The Morgan fingerprint density at radius 1 is 1.35 bits per heavy atom. The van der Waals surface area contributed by atoms with Gasteiger partial charge in [-0.3, -0.25) is 0 Å². The van der Waals surface area contributed by atoms with Gasteiger partial charge in [0.1, 0.15) is 0 Å². The highest BCUT2D eigenvalue weighted by Gasteiger charge is 2.37. The molecule has 1 N–H and O–H groups in total. The number of ether oxygens (including phenoxy) is 1. The van der Waals surface area contributed by atoms with Crippen molar-refractivity contribution < 1.29 is 17.9 Å². The van der Waals surface area contributed by atoms with Crippen molar-refractivity contribution in [1.82, 2.24) is 5.32 Å². The number of halogens is 4. The third-order valence-electron chi connectivity index (χ3n) is 2.61. The summed E-state index contributed by atoms with van der Waals surface area (Å²) in [7, 11) is 0. The molecule has 0 aromatic heterocycles. The van der Waals surface area contributed by atoms with Crippen LogP contribution >= 0.6 is 11.6 Å². The SMILES string of the molecule is FC(F)(F)c1cccc(Cl)c1C1CNCCO1. The highest BCUT2D eigenvalue weighted by molar-refractivity contribution is 6.31. The molecule has 0 aliphatic carbocycles. The molecule has 1 saturated heterocycles. The summed E-state index contributed by atoms with van der Waals surface area (Å²) < 4.78 is 43.9. The van der Waals surface area contributed by atoms with Crippen LogP contribution < -0.4 is 5.32 Å². The molecule has 0 bridgehead atoms. The van der Waals surface area contributed by atoms with Gasteiger partial charge in [-0.25, -0.2) is 0 Å². The average Bonchev–Trinajstić information content (AvgIpc) is 2.28. The minimum absolute atomic E-state index is 0.0221. The molecule has 1 aromatic rings. The highest BCUT2D eigenvalue weighted by atomic mass is 35.5. The Morgan fingerprint density at radius 3 is 2.71 bits per heavy atom. The third kappa shape index (κ3) is 2.73. The van der Waals surface area contributed by atoms with Crippen LogP contribution in [0.5, 0.6) is 0 Å². The molecular weight excluding hydrogens is 255 g/mol. The Balaban J connectivity index is 2.43. The first-order valence-corrected chi connectivity index (χ1v) is 5.56. The minimum atomic E-state index is -4.42. The molecule has 1 aromatic carbocycles. The molecule has 1 aliphatic rings. The van der Waals surface area contributed by atoms with E-state index in [0.29, 0.717) is 19.7 Å². The van der Waals surface area contributed by atoms with E-state index < -0.39 is 17.8 Å². The number of rotatable bonds is 1. The third-order valence-corrected chi connectivity index (χ3v) is 2.94. The highest BCUT2D eigenvalue weighted by Crippen LogP contribution is 2.39. The van der Waals surface area contributed by atoms with Crippen molar-refractivity contribution in [1.29, 1.82) is 0 Å². The fraction of sp³-hybridized carbons (Fsp3) is 0.455. The fourth-order valence-corrected chi connectivity index (χ4v) is 2.16. The van der Waals surface area contributed by atoms with Gasteiger partial charge in [0, 0.05) is 23.7 Å². The van der Waals surface area contributed by atoms with Gasteiger partial charge in [-0.2, -0.15) is 13.2 Å². The van der Waals surface area contributed by atoms with E-state index in [9.17, 15) is 13.2 Å². The van der Waals surface area contributed by atoms with Crippen molar-refractivity contribution in [2.75, 3.05) is 19.7 Å². The van der Waals surface area contributed by atoms with Gasteiger partial charge < -0.3 is 10.1 Å². The Kier molecular flexibility index (Phi) is 3.61. The zero-order chi connectivity index (χ0) is 12.5. The van der Waals surface area contributed by atoms with Gasteiger partial charge in [0.25, 0.3) is 0 Å². The summed E-state index contributed by atoms with van der Waals surface area (Å²) in [6, 6.07) is 3.77. The molecule has 0 radical (unpaired) electrons. The van der Waals surface area contributed by atoms with Crippen LogP contribution in [-0.4, -0.2) is 19.7 Å². The topological polar surface area (TPSA) is 21.3 Å².